The van der Waals surface area contributed by atoms with Gasteiger partial charge in [0, 0.05) is 11.9 Å². The third-order valence-corrected chi connectivity index (χ3v) is 1.61. The number of anilines is 1. The van der Waals surface area contributed by atoms with E-state index in [1.54, 1.807) is 0 Å². The molecule has 0 aliphatic carbocycles. The minimum atomic E-state index is 1.05. The van der Waals surface area contributed by atoms with Gasteiger partial charge in [0.1, 0.15) is 0 Å². The molecule has 14 heavy (non-hydrogen) atoms. The van der Waals surface area contributed by atoms with Crippen molar-refractivity contribution < 1.29 is 0 Å². The summed E-state index contributed by atoms with van der Waals surface area (Å²) >= 11 is 0. The van der Waals surface area contributed by atoms with Gasteiger partial charge < -0.3 is 5.32 Å². The Balaban J connectivity index is 2.38. The third kappa shape index (κ3) is 4.31. The summed E-state index contributed by atoms with van der Waals surface area (Å²) in [5, 5.41) is 3.16. The first kappa shape index (κ1) is 10.3. The Morgan fingerprint density at radius 3 is 2.57 bits per heavy atom. The first-order valence-corrected chi connectivity index (χ1v) is 4.59. The van der Waals surface area contributed by atoms with Crippen molar-refractivity contribution in [3.63, 3.8) is 0 Å². The zero-order valence-electron chi connectivity index (χ0n) is 8.40. The van der Waals surface area contributed by atoms with Gasteiger partial charge in [0.2, 0.25) is 0 Å². The van der Waals surface area contributed by atoms with Gasteiger partial charge in [-0.1, -0.05) is 42.5 Å². The zero-order chi connectivity index (χ0) is 10.2. The van der Waals surface area contributed by atoms with Crippen molar-refractivity contribution in [2.75, 3.05) is 5.32 Å². The van der Waals surface area contributed by atoms with Crippen molar-refractivity contribution >= 4 is 5.69 Å². The molecule has 0 aliphatic rings. The molecule has 0 bridgehead atoms. The quantitative estimate of drug-likeness (QED) is 0.704. The van der Waals surface area contributed by atoms with E-state index in [0.717, 1.165) is 11.3 Å². The van der Waals surface area contributed by atoms with Crippen LogP contribution in [-0.4, -0.2) is 0 Å². The Morgan fingerprint density at radius 1 is 1.21 bits per heavy atom. The van der Waals surface area contributed by atoms with Gasteiger partial charge >= 0.3 is 0 Å². The fourth-order valence-corrected chi connectivity index (χ4v) is 0.954. The average Bonchev–Trinajstić information content (AvgIpc) is 2.18. The van der Waals surface area contributed by atoms with Crippen molar-refractivity contribution in [3.8, 4) is 0 Å². The van der Waals surface area contributed by atoms with Gasteiger partial charge in [0.15, 0.2) is 0 Å². The Kier molecular flexibility index (Phi) is 4.29. The first-order valence-electron chi connectivity index (χ1n) is 4.59. The highest BCUT2D eigenvalue weighted by Crippen LogP contribution is 2.04. The van der Waals surface area contributed by atoms with Crippen molar-refractivity contribution in [3.05, 3.63) is 66.9 Å². The van der Waals surface area contributed by atoms with Crippen molar-refractivity contribution in [2.45, 2.75) is 6.92 Å². The summed E-state index contributed by atoms with van der Waals surface area (Å²) in [5.41, 5.74) is 2.14. The summed E-state index contributed by atoms with van der Waals surface area (Å²) in [4.78, 5) is 0. The fourth-order valence-electron chi connectivity index (χ4n) is 0.954. The van der Waals surface area contributed by atoms with Crippen molar-refractivity contribution in [1.29, 1.82) is 0 Å². The van der Waals surface area contributed by atoms with Gasteiger partial charge in [-0.2, -0.15) is 0 Å². The second-order valence-corrected chi connectivity index (χ2v) is 3.07. The predicted octanol–water partition coefficient (Wildman–Crippen LogP) is 3.74. The highest BCUT2D eigenvalue weighted by atomic mass is 14.8. The number of hydrogen-bond acceptors (Lipinski definition) is 1. The van der Waals surface area contributed by atoms with Crippen LogP contribution in [0.2, 0.25) is 0 Å². The monoisotopic (exact) mass is 185 g/mol. The molecule has 1 aromatic carbocycles. The molecule has 1 N–H and O–H groups in total. The van der Waals surface area contributed by atoms with E-state index in [0.29, 0.717) is 0 Å². The van der Waals surface area contributed by atoms with E-state index >= 15 is 0 Å². The summed E-state index contributed by atoms with van der Waals surface area (Å²) in [6.07, 6.45) is 7.76. The fraction of sp³-hybridized carbons (Fsp3) is 0.0769. The zero-order valence-corrected chi connectivity index (χ0v) is 8.40. The molecule has 0 aliphatic heterocycles. The van der Waals surface area contributed by atoms with Crippen LogP contribution in [-0.2, 0) is 0 Å². The van der Waals surface area contributed by atoms with Gasteiger partial charge in [-0.15, -0.1) is 0 Å². The standard InChI is InChI=1S/C13H15N/c1-12(2)8-6-7-11-14-13-9-4-3-5-10-13/h3-11,14H,1H2,2H3/b8-6+,11-7+. The van der Waals surface area contributed by atoms with E-state index in [1.807, 2.05) is 61.7 Å². The number of hydrogen-bond donors (Lipinski definition) is 1. The Hall–Kier alpha value is -1.76. The summed E-state index contributed by atoms with van der Waals surface area (Å²) < 4.78 is 0. The maximum absolute atomic E-state index is 3.77. The highest BCUT2D eigenvalue weighted by molar-refractivity contribution is 5.45. The predicted molar refractivity (Wildman–Crippen MR) is 63.2 cm³/mol. The summed E-state index contributed by atoms with van der Waals surface area (Å²) in [5.74, 6) is 0. The smallest absolute Gasteiger partial charge is 0.0379 e. The van der Waals surface area contributed by atoms with E-state index in [1.165, 1.54) is 0 Å². The molecule has 72 valence electrons. The van der Waals surface area contributed by atoms with Crippen LogP contribution < -0.4 is 5.32 Å². The van der Waals surface area contributed by atoms with Crippen LogP contribution in [0.4, 0.5) is 5.69 Å². The van der Waals surface area contributed by atoms with Gasteiger partial charge in [0.05, 0.1) is 0 Å². The molecular weight excluding hydrogens is 170 g/mol. The molecule has 0 unspecified atom stereocenters. The number of allylic oxidation sites excluding steroid dienone is 4. The molecule has 0 amide bonds. The lowest BCUT2D eigenvalue weighted by molar-refractivity contribution is 1.55. The lowest BCUT2D eigenvalue weighted by Gasteiger charge is -1.97. The van der Waals surface area contributed by atoms with E-state index in [9.17, 15) is 0 Å². The second kappa shape index (κ2) is 5.81. The van der Waals surface area contributed by atoms with Crippen LogP contribution in [0.15, 0.2) is 66.9 Å². The Labute approximate surface area is 85.5 Å². The van der Waals surface area contributed by atoms with Crippen molar-refractivity contribution in [2.24, 2.45) is 0 Å². The summed E-state index contributed by atoms with van der Waals surface area (Å²) in [7, 11) is 0. The van der Waals surface area contributed by atoms with Gasteiger partial charge in [-0.3, -0.25) is 0 Å². The van der Waals surface area contributed by atoms with Crippen LogP contribution in [0.1, 0.15) is 6.92 Å². The molecular formula is C13H15N. The third-order valence-electron chi connectivity index (χ3n) is 1.61. The molecule has 0 heterocycles. The van der Waals surface area contributed by atoms with Gasteiger partial charge in [-0.05, 0) is 25.1 Å². The first-order chi connectivity index (χ1) is 6.79. The number of benzene rings is 1. The van der Waals surface area contributed by atoms with Gasteiger partial charge in [-0.25, -0.2) is 0 Å². The number of nitrogens with one attached hydrogen (secondary N) is 1. The van der Waals surface area contributed by atoms with E-state index in [4.69, 9.17) is 0 Å². The summed E-state index contributed by atoms with van der Waals surface area (Å²) in [6.45, 7) is 5.74. The van der Waals surface area contributed by atoms with E-state index < -0.39 is 0 Å². The van der Waals surface area contributed by atoms with Crippen LogP contribution >= 0.6 is 0 Å². The lowest BCUT2D eigenvalue weighted by Crippen LogP contribution is -1.84. The van der Waals surface area contributed by atoms with Crippen LogP contribution in [0.5, 0.6) is 0 Å². The molecule has 1 heteroatoms. The minimum absolute atomic E-state index is 1.05. The molecule has 0 spiro atoms. The molecule has 0 saturated heterocycles. The molecule has 0 fully saturated rings. The molecule has 1 nitrogen and oxygen atoms in total. The minimum Gasteiger partial charge on any atom is -0.362 e. The topological polar surface area (TPSA) is 12.0 Å². The molecule has 0 atom stereocenters. The molecule has 1 rings (SSSR count). The SMILES string of the molecule is C=C(C)/C=C/C=C/Nc1ccccc1. The van der Waals surface area contributed by atoms with Crippen LogP contribution in [0.25, 0.3) is 0 Å². The molecule has 0 aromatic heterocycles. The number of para-hydroxylation sites is 1. The molecule has 0 saturated carbocycles. The second-order valence-electron chi connectivity index (χ2n) is 3.07. The molecule has 1 aromatic rings. The van der Waals surface area contributed by atoms with E-state index in [2.05, 4.69) is 11.9 Å². The Morgan fingerprint density at radius 2 is 1.93 bits per heavy atom. The van der Waals surface area contributed by atoms with Crippen molar-refractivity contribution in [1.82, 2.24) is 0 Å². The molecule has 0 radical (unpaired) electrons. The maximum atomic E-state index is 3.77. The number of rotatable bonds is 4. The largest absolute Gasteiger partial charge is 0.362 e. The Bertz CT molecular complexity index is 334. The maximum Gasteiger partial charge on any atom is 0.0379 e. The van der Waals surface area contributed by atoms with E-state index in [-0.39, 0.29) is 0 Å². The lowest BCUT2D eigenvalue weighted by atomic mass is 10.3. The van der Waals surface area contributed by atoms with Crippen LogP contribution in [0, 0.1) is 0 Å². The normalized spacial score (nSPS) is 10.9. The average molecular weight is 185 g/mol. The summed E-state index contributed by atoms with van der Waals surface area (Å²) in [6, 6.07) is 10.0. The van der Waals surface area contributed by atoms with Gasteiger partial charge in [0.25, 0.3) is 0 Å². The highest BCUT2D eigenvalue weighted by Gasteiger charge is 1.81. The van der Waals surface area contributed by atoms with Crippen LogP contribution in [0.3, 0.4) is 0 Å².